The highest BCUT2D eigenvalue weighted by Crippen LogP contribution is 2.20. The second-order valence-corrected chi connectivity index (χ2v) is 5.75. The predicted molar refractivity (Wildman–Crippen MR) is 75.0 cm³/mol. The summed E-state index contributed by atoms with van der Waals surface area (Å²) in [6.07, 6.45) is 3.98. The van der Waals surface area contributed by atoms with Crippen LogP contribution < -0.4 is 9.30 Å². The molecule has 1 aromatic heterocycles. The summed E-state index contributed by atoms with van der Waals surface area (Å²) in [5.74, 6) is 0.873. The number of aromatic nitrogens is 1. The van der Waals surface area contributed by atoms with E-state index in [0.29, 0.717) is 0 Å². The van der Waals surface area contributed by atoms with Crippen LogP contribution in [-0.2, 0) is 10.1 Å². The Morgan fingerprint density at radius 2 is 1.48 bits per heavy atom. The molecule has 0 fully saturated rings. The van der Waals surface area contributed by atoms with Crippen molar-refractivity contribution in [2.75, 3.05) is 7.11 Å². The minimum atomic E-state index is -6.09. The molecule has 0 aliphatic rings. The van der Waals surface area contributed by atoms with E-state index in [2.05, 4.69) is 35.8 Å². The van der Waals surface area contributed by atoms with E-state index < -0.39 is 15.6 Å². The fraction of sp³-hybridized carbons (Fsp3) is 0.214. The van der Waals surface area contributed by atoms with Crippen LogP contribution in [0.1, 0.15) is 5.56 Å². The summed E-state index contributed by atoms with van der Waals surface area (Å²) in [5.41, 5.74) is -3.22. The van der Waals surface area contributed by atoms with Gasteiger partial charge in [0.05, 0.1) is 7.11 Å². The summed E-state index contributed by atoms with van der Waals surface area (Å²) in [6.45, 7) is 2.09. The van der Waals surface area contributed by atoms with E-state index in [0.717, 1.165) is 11.4 Å². The number of rotatable bonds is 2. The Labute approximate surface area is 131 Å². The summed E-state index contributed by atoms with van der Waals surface area (Å²) < 4.78 is 66.1. The first-order chi connectivity index (χ1) is 10.5. The third-order valence-corrected chi connectivity index (χ3v) is 3.22. The third kappa shape index (κ3) is 5.87. The first-order valence-corrected chi connectivity index (χ1v) is 7.60. The molecule has 0 saturated heterocycles. The van der Waals surface area contributed by atoms with Gasteiger partial charge in [-0.05, 0) is 6.92 Å². The van der Waals surface area contributed by atoms with Crippen molar-refractivity contribution >= 4 is 10.1 Å². The maximum Gasteiger partial charge on any atom is 0.485 e. The number of halogens is 3. The van der Waals surface area contributed by atoms with Gasteiger partial charge in [0.2, 0.25) is 5.69 Å². The number of methoxy groups -OCH3 is 1. The molecular weight excluding hydrogens is 335 g/mol. The van der Waals surface area contributed by atoms with Crippen molar-refractivity contribution in [3.63, 3.8) is 0 Å². The van der Waals surface area contributed by atoms with Gasteiger partial charge in [0, 0.05) is 24.3 Å². The number of ether oxygens (including phenoxy) is 1. The van der Waals surface area contributed by atoms with Crippen molar-refractivity contribution in [2.45, 2.75) is 12.4 Å². The van der Waals surface area contributed by atoms with Gasteiger partial charge in [-0.3, -0.25) is 0 Å². The van der Waals surface area contributed by atoms with Crippen molar-refractivity contribution in [3.05, 3.63) is 54.4 Å². The zero-order chi connectivity index (χ0) is 17.7. The van der Waals surface area contributed by atoms with Gasteiger partial charge >= 0.3 is 5.51 Å². The summed E-state index contributed by atoms with van der Waals surface area (Å²) in [4.78, 5) is 0. The fourth-order valence-corrected chi connectivity index (χ4v) is 1.44. The average Bonchev–Trinajstić information content (AvgIpc) is 2.47. The number of hydrogen-bond donors (Lipinski definition) is 0. The lowest BCUT2D eigenvalue weighted by Crippen LogP contribution is -2.28. The average molecular weight is 349 g/mol. The van der Waals surface area contributed by atoms with E-state index >= 15 is 0 Å². The standard InChI is InChI=1S/C13H14NO.CHF3O3S/c1-11-3-5-12(6-4-11)14-9-7-13(15-2)8-10-14;2-1(3,4)8(5,6)7/h3-10H,1-2H3;(H,5,6,7)/q+1;/p-1. The van der Waals surface area contributed by atoms with Gasteiger partial charge in [-0.1, -0.05) is 17.7 Å². The van der Waals surface area contributed by atoms with E-state index in [9.17, 15) is 13.2 Å². The van der Waals surface area contributed by atoms with Gasteiger partial charge in [-0.2, -0.15) is 17.7 Å². The van der Waals surface area contributed by atoms with Crippen molar-refractivity contribution in [1.29, 1.82) is 0 Å². The van der Waals surface area contributed by atoms with E-state index in [-0.39, 0.29) is 0 Å². The highest BCUT2D eigenvalue weighted by atomic mass is 32.2. The lowest BCUT2D eigenvalue weighted by atomic mass is 10.2. The molecular formula is C14H14F3NO4S. The minimum Gasteiger partial charge on any atom is -0.741 e. The molecule has 1 aromatic carbocycles. The van der Waals surface area contributed by atoms with E-state index in [4.69, 9.17) is 17.7 Å². The highest BCUT2D eigenvalue weighted by molar-refractivity contribution is 7.86. The van der Waals surface area contributed by atoms with Crippen LogP contribution in [0.15, 0.2) is 48.8 Å². The van der Waals surface area contributed by atoms with Crippen LogP contribution in [0.25, 0.3) is 5.69 Å². The molecule has 0 saturated carbocycles. The Bertz CT molecular complexity index is 726. The van der Waals surface area contributed by atoms with Crippen molar-refractivity contribution < 1.29 is 35.4 Å². The number of benzene rings is 1. The molecule has 0 N–H and O–H groups in total. The van der Waals surface area contributed by atoms with Gasteiger partial charge < -0.3 is 9.29 Å². The molecule has 0 spiro atoms. The van der Waals surface area contributed by atoms with Gasteiger partial charge in [-0.15, -0.1) is 0 Å². The van der Waals surface area contributed by atoms with E-state index in [1.807, 2.05) is 24.5 Å². The molecule has 0 radical (unpaired) electrons. The Kier molecular flexibility index (Phi) is 6.11. The fourth-order valence-electron chi connectivity index (χ4n) is 1.44. The zero-order valence-corrected chi connectivity index (χ0v) is 13.1. The van der Waals surface area contributed by atoms with Crippen molar-refractivity contribution in [3.8, 4) is 11.4 Å². The summed E-state index contributed by atoms with van der Waals surface area (Å²) in [7, 11) is -4.42. The van der Waals surface area contributed by atoms with Crippen molar-refractivity contribution in [1.82, 2.24) is 0 Å². The Morgan fingerprint density at radius 3 is 1.83 bits per heavy atom. The van der Waals surface area contributed by atoms with E-state index in [1.54, 1.807) is 7.11 Å². The quantitative estimate of drug-likeness (QED) is 0.474. The molecule has 0 aliphatic heterocycles. The van der Waals surface area contributed by atoms with Gasteiger partial charge in [0.1, 0.15) is 5.75 Å². The van der Waals surface area contributed by atoms with E-state index in [1.165, 1.54) is 5.56 Å². The number of nitrogens with zero attached hydrogens (tertiary/aromatic N) is 1. The summed E-state index contributed by atoms with van der Waals surface area (Å²) in [6, 6.07) is 12.3. The molecule has 0 amide bonds. The molecule has 2 aromatic rings. The monoisotopic (exact) mass is 349 g/mol. The summed E-state index contributed by atoms with van der Waals surface area (Å²) in [5, 5.41) is 0. The molecule has 2 rings (SSSR count). The topological polar surface area (TPSA) is 70.3 Å². The smallest absolute Gasteiger partial charge is 0.485 e. The van der Waals surface area contributed by atoms with Crippen LogP contribution in [0.3, 0.4) is 0 Å². The minimum absolute atomic E-state index is 0.873. The lowest BCUT2D eigenvalue weighted by Gasteiger charge is -2.08. The lowest BCUT2D eigenvalue weighted by molar-refractivity contribution is -0.595. The van der Waals surface area contributed by atoms with Gasteiger partial charge in [0.25, 0.3) is 0 Å². The number of aryl methyl sites for hydroxylation is 1. The third-order valence-electron chi connectivity index (χ3n) is 2.65. The normalized spacial score (nSPS) is 11.4. The molecule has 1 heterocycles. The van der Waals surface area contributed by atoms with Crippen LogP contribution in [-0.4, -0.2) is 25.6 Å². The molecule has 9 heteroatoms. The Hall–Kier alpha value is -2.13. The largest absolute Gasteiger partial charge is 0.741 e. The molecule has 23 heavy (non-hydrogen) atoms. The molecule has 0 bridgehead atoms. The first-order valence-electron chi connectivity index (χ1n) is 6.19. The summed E-state index contributed by atoms with van der Waals surface area (Å²) >= 11 is 0. The molecule has 5 nitrogen and oxygen atoms in total. The Balaban J connectivity index is 0.000000284. The van der Waals surface area contributed by atoms with Crippen LogP contribution in [0, 0.1) is 6.92 Å². The Morgan fingerprint density at radius 1 is 1.04 bits per heavy atom. The second-order valence-electron chi connectivity index (χ2n) is 4.38. The zero-order valence-electron chi connectivity index (χ0n) is 12.2. The van der Waals surface area contributed by atoms with Gasteiger partial charge in [-0.25, -0.2) is 8.42 Å². The SMILES string of the molecule is COc1cc[n+](-c2ccc(C)cc2)cc1.O=S(=O)([O-])C(F)(F)F. The predicted octanol–water partition coefficient (Wildman–Crippen LogP) is 2.33. The van der Waals surface area contributed by atoms with Gasteiger partial charge in [0.15, 0.2) is 22.5 Å². The van der Waals surface area contributed by atoms with Crippen molar-refractivity contribution in [2.24, 2.45) is 0 Å². The van der Waals surface area contributed by atoms with Crippen LogP contribution in [0.5, 0.6) is 5.75 Å². The molecule has 0 aliphatic carbocycles. The maximum absolute atomic E-state index is 10.7. The maximum atomic E-state index is 10.7. The molecule has 0 atom stereocenters. The number of hydrogen-bond acceptors (Lipinski definition) is 4. The second kappa shape index (κ2) is 7.42. The van der Waals surface area contributed by atoms with Crippen LogP contribution >= 0.6 is 0 Å². The number of pyridine rings is 1. The molecule has 126 valence electrons. The van der Waals surface area contributed by atoms with Crippen LogP contribution in [0.2, 0.25) is 0 Å². The molecule has 0 unspecified atom stereocenters. The first kappa shape index (κ1) is 18.9. The van der Waals surface area contributed by atoms with Crippen LogP contribution in [0.4, 0.5) is 13.2 Å². The highest BCUT2D eigenvalue weighted by Gasteiger charge is 2.36. The number of alkyl halides is 3.